The molecule has 0 fully saturated rings. The number of benzene rings is 1. The van der Waals surface area contributed by atoms with Gasteiger partial charge in [0, 0.05) is 17.3 Å². The van der Waals surface area contributed by atoms with Gasteiger partial charge in [0.25, 0.3) is 0 Å². The molecule has 3 heteroatoms. The molecule has 1 aromatic carbocycles. The summed E-state index contributed by atoms with van der Waals surface area (Å²) in [6, 6.07) is 5.39. The van der Waals surface area contributed by atoms with Gasteiger partial charge in [-0.15, -0.1) is 0 Å². The smallest absolute Gasteiger partial charge is 0.144 e. The summed E-state index contributed by atoms with van der Waals surface area (Å²) in [7, 11) is 0. The lowest BCUT2D eigenvalue weighted by molar-refractivity contribution is 0.476. The van der Waals surface area contributed by atoms with E-state index in [2.05, 4.69) is 4.98 Å². The van der Waals surface area contributed by atoms with Gasteiger partial charge in [-0.05, 0) is 30.7 Å². The van der Waals surface area contributed by atoms with Gasteiger partial charge < -0.3 is 10.8 Å². The highest BCUT2D eigenvalue weighted by atomic mass is 16.3. The molecule has 3 N–H and O–H groups in total. The molecule has 2 aromatic rings. The fourth-order valence-electron chi connectivity index (χ4n) is 1.39. The third kappa shape index (κ3) is 1.09. The van der Waals surface area contributed by atoms with E-state index in [0.717, 1.165) is 10.9 Å². The van der Waals surface area contributed by atoms with E-state index >= 15 is 0 Å². The van der Waals surface area contributed by atoms with Crippen LogP contribution in [0.1, 0.15) is 5.56 Å². The summed E-state index contributed by atoms with van der Waals surface area (Å²) in [5.41, 5.74) is 7.75. The molecule has 0 saturated heterocycles. The summed E-state index contributed by atoms with van der Waals surface area (Å²) in [5.74, 6) is 0.213. The fraction of sp³-hybridized carbons (Fsp3) is 0.100. The van der Waals surface area contributed by atoms with Crippen LogP contribution in [0.15, 0.2) is 24.4 Å². The van der Waals surface area contributed by atoms with Crippen LogP contribution in [0.5, 0.6) is 5.75 Å². The molecule has 0 aliphatic heterocycles. The summed E-state index contributed by atoms with van der Waals surface area (Å²) in [5, 5.41) is 10.5. The lowest BCUT2D eigenvalue weighted by Crippen LogP contribution is -1.90. The van der Waals surface area contributed by atoms with E-state index in [9.17, 15) is 5.11 Å². The molecule has 1 heterocycles. The lowest BCUT2D eigenvalue weighted by Gasteiger charge is -2.05. The first-order chi connectivity index (χ1) is 6.20. The zero-order chi connectivity index (χ0) is 9.42. The van der Waals surface area contributed by atoms with Crippen molar-refractivity contribution >= 4 is 16.6 Å². The van der Waals surface area contributed by atoms with Crippen LogP contribution in [-0.4, -0.2) is 10.1 Å². The summed E-state index contributed by atoms with van der Waals surface area (Å²) in [6.07, 6.45) is 1.64. The van der Waals surface area contributed by atoms with E-state index in [1.807, 2.05) is 6.07 Å². The van der Waals surface area contributed by atoms with Crippen molar-refractivity contribution in [2.45, 2.75) is 6.92 Å². The Morgan fingerprint density at radius 3 is 3.00 bits per heavy atom. The summed E-state index contributed by atoms with van der Waals surface area (Å²) in [4.78, 5) is 4.07. The Labute approximate surface area is 75.8 Å². The van der Waals surface area contributed by atoms with Gasteiger partial charge in [-0.2, -0.15) is 0 Å². The Hall–Kier alpha value is -1.77. The van der Waals surface area contributed by atoms with Crippen molar-refractivity contribution in [1.82, 2.24) is 4.98 Å². The number of hydrogen-bond donors (Lipinski definition) is 2. The minimum absolute atomic E-state index is 0.213. The third-order valence-corrected chi connectivity index (χ3v) is 2.09. The molecule has 1 aromatic heterocycles. The zero-order valence-corrected chi connectivity index (χ0v) is 7.28. The molecule has 0 spiro atoms. The van der Waals surface area contributed by atoms with Gasteiger partial charge in [0.05, 0.1) is 0 Å². The average molecular weight is 174 g/mol. The molecule has 2 rings (SSSR count). The number of fused-ring (bicyclic) bond motifs is 1. The molecule has 0 saturated carbocycles. The van der Waals surface area contributed by atoms with Crippen LogP contribution >= 0.6 is 0 Å². The standard InChI is InChI=1S/C10H10N2O/c1-6-5-8(11)7-3-2-4-12-9(7)10(6)13/h2-5,13H,11H2,1H3. The van der Waals surface area contributed by atoms with Crippen LogP contribution in [0.2, 0.25) is 0 Å². The van der Waals surface area contributed by atoms with Crippen LogP contribution < -0.4 is 5.73 Å². The number of nitrogens with two attached hydrogens (primary N) is 1. The minimum atomic E-state index is 0.213. The van der Waals surface area contributed by atoms with Crippen molar-refractivity contribution < 1.29 is 5.11 Å². The van der Waals surface area contributed by atoms with Gasteiger partial charge in [0.15, 0.2) is 0 Å². The topological polar surface area (TPSA) is 59.1 Å². The number of nitrogen functional groups attached to an aromatic ring is 1. The first kappa shape index (κ1) is 7.86. The normalized spacial score (nSPS) is 10.5. The molecule has 0 bridgehead atoms. The minimum Gasteiger partial charge on any atom is -0.505 e. The number of phenols is 1. The maximum Gasteiger partial charge on any atom is 0.144 e. The molecule has 0 aliphatic carbocycles. The molecule has 13 heavy (non-hydrogen) atoms. The van der Waals surface area contributed by atoms with E-state index < -0.39 is 0 Å². The molecule has 0 amide bonds. The second-order valence-corrected chi connectivity index (χ2v) is 3.03. The van der Waals surface area contributed by atoms with E-state index in [1.165, 1.54) is 0 Å². The SMILES string of the molecule is Cc1cc(N)c2cccnc2c1O. The second-order valence-electron chi connectivity index (χ2n) is 3.03. The van der Waals surface area contributed by atoms with Gasteiger partial charge in [-0.25, -0.2) is 0 Å². The van der Waals surface area contributed by atoms with Crippen molar-refractivity contribution in [3.05, 3.63) is 30.0 Å². The predicted molar refractivity (Wildman–Crippen MR) is 52.6 cm³/mol. The maximum absolute atomic E-state index is 9.66. The van der Waals surface area contributed by atoms with Crippen molar-refractivity contribution in [2.75, 3.05) is 5.73 Å². The van der Waals surface area contributed by atoms with Crippen LogP contribution in [-0.2, 0) is 0 Å². The summed E-state index contributed by atoms with van der Waals surface area (Å²) < 4.78 is 0. The number of anilines is 1. The van der Waals surface area contributed by atoms with Crippen LogP contribution in [0.4, 0.5) is 5.69 Å². The van der Waals surface area contributed by atoms with Crippen LogP contribution in [0.3, 0.4) is 0 Å². The molecule has 0 aliphatic rings. The average Bonchev–Trinajstić information content (AvgIpc) is 2.15. The van der Waals surface area contributed by atoms with Crippen molar-refractivity contribution in [1.29, 1.82) is 0 Å². The Balaban J connectivity index is 2.97. The van der Waals surface area contributed by atoms with Gasteiger partial charge in [0.1, 0.15) is 11.3 Å². The highest BCUT2D eigenvalue weighted by molar-refractivity contribution is 5.95. The molecule has 66 valence electrons. The number of aromatic hydroxyl groups is 1. The lowest BCUT2D eigenvalue weighted by atomic mass is 10.1. The Kier molecular flexibility index (Phi) is 1.59. The maximum atomic E-state index is 9.66. The van der Waals surface area contributed by atoms with Crippen molar-refractivity contribution in [2.24, 2.45) is 0 Å². The first-order valence-corrected chi connectivity index (χ1v) is 4.03. The Morgan fingerprint density at radius 1 is 1.46 bits per heavy atom. The monoisotopic (exact) mass is 174 g/mol. The highest BCUT2D eigenvalue weighted by Gasteiger charge is 2.06. The largest absolute Gasteiger partial charge is 0.505 e. The molecule has 0 radical (unpaired) electrons. The first-order valence-electron chi connectivity index (χ1n) is 4.03. The molecular weight excluding hydrogens is 164 g/mol. The zero-order valence-electron chi connectivity index (χ0n) is 7.28. The van der Waals surface area contributed by atoms with Crippen LogP contribution in [0, 0.1) is 6.92 Å². The second kappa shape index (κ2) is 2.62. The molecule has 0 unspecified atom stereocenters. The van der Waals surface area contributed by atoms with Crippen molar-refractivity contribution in [3.63, 3.8) is 0 Å². The third-order valence-electron chi connectivity index (χ3n) is 2.09. The van der Waals surface area contributed by atoms with Gasteiger partial charge in [-0.3, -0.25) is 4.98 Å². The molecule has 0 atom stereocenters. The number of aromatic nitrogens is 1. The number of rotatable bonds is 0. The van der Waals surface area contributed by atoms with Gasteiger partial charge >= 0.3 is 0 Å². The molecular formula is C10H10N2O. The van der Waals surface area contributed by atoms with Gasteiger partial charge in [-0.1, -0.05) is 0 Å². The Bertz CT molecular complexity index is 466. The molecule has 3 nitrogen and oxygen atoms in total. The predicted octanol–water partition coefficient (Wildman–Crippen LogP) is 1.83. The fourth-order valence-corrected chi connectivity index (χ4v) is 1.39. The van der Waals surface area contributed by atoms with Crippen molar-refractivity contribution in [3.8, 4) is 5.75 Å². The number of nitrogens with zero attached hydrogens (tertiary/aromatic N) is 1. The van der Waals surface area contributed by atoms with Gasteiger partial charge in [0.2, 0.25) is 0 Å². The number of phenolic OH excluding ortho intramolecular Hbond substituents is 1. The summed E-state index contributed by atoms with van der Waals surface area (Å²) in [6.45, 7) is 1.81. The number of hydrogen-bond acceptors (Lipinski definition) is 3. The number of aryl methyl sites for hydroxylation is 1. The van der Waals surface area contributed by atoms with E-state index in [1.54, 1.807) is 25.3 Å². The quantitative estimate of drug-likeness (QED) is 0.473. The van der Waals surface area contributed by atoms with E-state index in [-0.39, 0.29) is 5.75 Å². The highest BCUT2D eigenvalue weighted by Crippen LogP contribution is 2.30. The van der Waals surface area contributed by atoms with E-state index in [0.29, 0.717) is 11.2 Å². The Morgan fingerprint density at radius 2 is 2.23 bits per heavy atom. The number of pyridine rings is 1. The van der Waals surface area contributed by atoms with Crippen LogP contribution in [0.25, 0.3) is 10.9 Å². The summed E-state index contributed by atoms with van der Waals surface area (Å²) >= 11 is 0. The van der Waals surface area contributed by atoms with E-state index in [4.69, 9.17) is 5.73 Å².